The second kappa shape index (κ2) is 3.69. The summed E-state index contributed by atoms with van der Waals surface area (Å²) in [5.74, 6) is 1.74. The molecule has 2 aliphatic carbocycles. The van der Waals surface area contributed by atoms with Crippen LogP contribution in [0.2, 0.25) is 0 Å². The average Bonchev–Trinajstić information content (AvgIpc) is 2.74. The molecule has 1 aromatic carbocycles. The highest BCUT2D eigenvalue weighted by molar-refractivity contribution is 5.30. The molecular weight excluding hydrogens is 180 g/mol. The monoisotopic (exact) mass is 194 g/mol. The Balaban J connectivity index is 1.82. The number of allylic oxidation sites excluding steroid dienone is 4. The molecule has 0 nitrogen and oxygen atoms in total. The molecule has 0 aromatic heterocycles. The zero-order valence-electron chi connectivity index (χ0n) is 8.64. The van der Waals surface area contributed by atoms with Gasteiger partial charge in [-0.15, -0.1) is 0 Å². The fourth-order valence-corrected chi connectivity index (χ4v) is 2.55. The lowest BCUT2D eigenvalue weighted by atomic mass is 9.92. The van der Waals surface area contributed by atoms with Crippen LogP contribution in [0.15, 0.2) is 54.6 Å². The van der Waals surface area contributed by atoms with Crippen LogP contribution in [0.4, 0.5) is 0 Å². The molecule has 0 amide bonds. The van der Waals surface area contributed by atoms with Gasteiger partial charge < -0.3 is 0 Å². The quantitative estimate of drug-likeness (QED) is 0.640. The van der Waals surface area contributed by atoms with Gasteiger partial charge in [0.1, 0.15) is 0 Å². The topological polar surface area (TPSA) is 0 Å². The summed E-state index contributed by atoms with van der Waals surface area (Å²) in [6, 6.07) is 10.7. The molecule has 0 bridgehead atoms. The Morgan fingerprint density at radius 1 is 1.00 bits per heavy atom. The lowest BCUT2D eigenvalue weighted by Crippen LogP contribution is -2.03. The third-order valence-corrected chi connectivity index (χ3v) is 3.35. The Morgan fingerprint density at radius 3 is 2.60 bits per heavy atom. The second-order valence-electron chi connectivity index (χ2n) is 4.33. The van der Waals surface area contributed by atoms with E-state index in [0.29, 0.717) is 17.8 Å². The Morgan fingerprint density at radius 2 is 1.80 bits per heavy atom. The lowest BCUT2D eigenvalue weighted by Gasteiger charge is -2.12. The van der Waals surface area contributed by atoms with Crippen molar-refractivity contribution in [1.29, 1.82) is 0 Å². The van der Waals surface area contributed by atoms with Crippen molar-refractivity contribution in [1.82, 2.24) is 0 Å². The van der Waals surface area contributed by atoms with Gasteiger partial charge in [-0.05, 0) is 36.2 Å². The molecule has 2 aliphatic rings. The zero-order valence-corrected chi connectivity index (χ0v) is 8.64. The van der Waals surface area contributed by atoms with Crippen molar-refractivity contribution in [2.75, 3.05) is 0 Å². The highest BCUT2D eigenvalue weighted by atomic mass is 14.4. The molecule has 15 heavy (non-hydrogen) atoms. The molecule has 0 aliphatic heterocycles. The van der Waals surface area contributed by atoms with Gasteiger partial charge in [-0.1, -0.05) is 54.6 Å². The normalized spacial score (nSPS) is 32.9. The molecule has 0 heterocycles. The highest BCUT2D eigenvalue weighted by Gasteiger charge is 2.33. The van der Waals surface area contributed by atoms with Crippen LogP contribution in [0.5, 0.6) is 0 Å². The van der Waals surface area contributed by atoms with Gasteiger partial charge in [-0.3, -0.25) is 0 Å². The third kappa shape index (κ3) is 1.65. The van der Waals surface area contributed by atoms with Crippen molar-refractivity contribution in [3.05, 3.63) is 66.6 Å². The van der Waals surface area contributed by atoms with E-state index in [1.165, 1.54) is 12.0 Å². The standard InChI is InChI=1S/C15H14/c1-2-6-12(7-3-1)15-10-13-8-4-5-9-14(13)11-15/h1-9,13-15H,10H2. The Bertz CT molecular complexity index is 366. The van der Waals surface area contributed by atoms with Gasteiger partial charge in [-0.25, -0.2) is 0 Å². The van der Waals surface area contributed by atoms with Crippen LogP contribution in [-0.2, 0) is 0 Å². The van der Waals surface area contributed by atoms with E-state index < -0.39 is 0 Å². The van der Waals surface area contributed by atoms with Gasteiger partial charge in [0.25, 0.3) is 0 Å². The van der Waals surface area contributed by atoms with E-state index in [4.69, 9.17) is 0 Å². The average molecular weight is 194 g/mol. The minimum absolute atomic E-state index is 0.522. The number of hydrogen-bond acceptors (Lipinski definition) is 0. The summed E-state index contributed by atoms with van der Waals surface area (Å²) in [6.07, 6.45) is 13.8. The van der Waals surface area contributed by atoms with Crippen molar-refractivity contribution in [2.24, 2.45) is 11.8 Å². The van der Waals surface area contributed by atoms with Crippen molar-refractivity contribution in [3.8, 4) is 0 Å². The summed E-state index contributed by atoms with van der Waals surface area (Å²) >= 11 is 0. The maximum atomic E-state index is 3.67. The molecule has 1 aromatic rings. The number of hydrogen-bond donors (Lipinski definition) is 0. The number of rotatable bonds is 1. The Hall–Kier alpha value is -1.30. The molecule has 2 radical (unpaired) electrons. The summed E-state index contributed by atoms with van der Waals surface area (Å²) in [5.41, 5.74) is 1.41. The van der Waals surface area contributed by atoms with Crippen LogP contribution in [-0.4, -0.2) is 0 Å². The highest BCUT2D eigenvalue weighted by Crippen LogP contribution is 2.43. The van der Waals surface area contributed by atoms with Crippen molar-refractivity contribution >= 4 is 0 Å². The van der Waals surface area contributed by atoms with E-state index in [-0.39, 0.29) is 0 Å². The van der Waals surface area contributed by atoms with Gasteiger partial charge in [0.15, 0.2) is 0 Å². The number of benzene rings is 1. The van der Waals surface area contributed by atoms with Crippen LogP contribution >= 0.6 is 0 Å². The molecule has 0 saturated heterocycles. The Labute approximate surface area is 91.3 Å². The largest absolute Gasteiger partial charge is 0.0808 e. The van der Waals surface area contributed by atoms with E-state index in [2.05, 4.69) is 61.1 Å². The van der Waals surface area contributed by atoms with Crippen LogP contribution in [0.1, 0.15) is 17.9 Å². The molecule has 3 rings (SSSR count). The van der Waals surface area contributed by atoms with Gasteiger partial charge >= 0.3 is 0 Å². The molecule has 0 spiro atoms. The maximum absolute atomic E-state index is 3.67. The minimum atomic E-state index is 0.522. The molecule has 1 fully saturated rings. The van der Waals surface area contributed by atoms with E-state index in [1.807, 2.05) is 0 Å². The van der Waals surface area contributed by atoms with Gasteiger partial charge in [0.2, 0.25) is 0 Å². The van der Waals surface area contributed by atoms with E-state index in [1.54, 1.807) is 0 Å². The van der Waals surface area contributed by atoms with E-state index in [0.717, 1.165) is 0 Å². The lowest BCUT2D eigenvalue weighted by molar-refractivity contribution is 0.579. The van der Waals surface area contributed by atoms with Crippen molar-refractivity contribution in [2.45, 2.75) is 12.3 Å². The molecule has 3 unspecified atom stereocenters. The minimum Gasteiger partial charge on any atom is -0.0808 e. The predicted octanol–water partition coefficient (Wildman–Crippen LogP) is 3.61. The molecule has 3 atom stereocenters. The molecular formula is C15H14. The Kier molecular flexibility index (Phi) is 2.21. The van der Waals surface area contributed by atoms with Crippen LogP contribution in [0.3, 0.4) is 0 Å². The summed E-state index contributed by atoms with van der Waals surface area (Å²) < 4.78 is 0. The predicted molar refractivity (Wildman–Crippen MR) is 62.3 cm³/mol. The van der Waals surface area contributed by atoms with Gasteiger partial charge in [0.05, 0.1) is 0 Å². The first-order valence-corrected chi connectivity index (χ1v) is 5.59. The summed E-state index contributed by atoms with van der Waals surface area (Å²) in [5, 5.41) is 0. The first-order chi connectivity index (χ1) is 7.43. The van der Waals surface area contributed by atoms with Crippen LogP contribution in [0.25, 0.3) is 0 Å². The van der Waals surface area contributed by atoms with E-state index in [9.17, 15) is 0 Å². The fourth-order valence-electron chi connectivity index (χ4n) is 2.55. The smallest absolute Gasteiger partial charge is 0.00118 e. The van der Waals surface area contributed by atoms with Crippen molar-refractivity contribution < 1.29 is 0 Å². The van der Waals surface area contributed by atoms with E-state index >= 15 is 0 Å². The first kappa shape index (κ1) is 8.96. The summed E-state index contributed by atoms with van der Waals surface area (Å²) in [4.78, 5) is 0. The molecule has 0 heteroatoms. The fraction of sp³-hybridized carbons (Fsp3) is 0.267. The molecule has 1 saturated carbocycles. The SMILES string of the molecule is [C]1C(c2ccccc2)CC2C=CC=CC12. The first-order valence-electron chi connectivity index (χ1n) is 5.59. The third-order valence-electron chi connectivity index (χ3n) is 3.35. The second-order valence-corrected chi connectivity index (χ2v) is 4.33. The van der Waals surface area contributed by atoms with Crippen LogP contribution < -0.4 is 0 Å². The van der Waals surface area contributed by atoms with Gasteiger partial charge in [0, 0.05) is 0 Å². The zero-order chi connectivity index (χ0) is 10.1. The van der Waals surface area contributed by atoms with Crippen molar-refractivity contribution in [3.63, 3.8) is 0 Å². The number of fused-ring (bicyclic) bond motifs is 1. The molecule has 0 N–H and O–H groups in total. The summed E-state index contributed by atoms with van der Waals surface area (Å²) in [6.45, 7) is 0. The molecule has 74 valence electrons. The van der Waals surface area contributed by atoms with Gasteiger partial charge in [-0.2, -0.15) is 0 Å². The summed E-state index contributed by atoms with van der Waals surface area (Å²) in [7, 11) is 0. The maximum Gasteiger partial charge on any atom is -0.00118 e. The van der Waals surface area contributed by atoms with Crippen LogP contribution in [0, 0.1) is 18.3 Å².